The third-order valence-electron chi connectivity index (χ3n) is 2.20. The smallest absolute Gasteiger partial charge is 0.402 e. The van der Waals surface area contributed by atoms with Gasteiger partial charge in [-0.2, -0.15) is 0 Å². The lowest BCUT2D eigenvalue weighted by atomic mass is 10.2. The molecule has 0 heterocycles. The average molecular weight is 310 g/mol. The Morgan fingerprint density at radius 1 is 0.947 bits per heavy atom. The van der Waals surface area contributed by atoms with Crippen LogP contribution in [-0.4, -0.2) is 25.9 Å². The van der Waals surface area contributed by atoms with Crippen LogP contribution < -0.4 is 5.19 Å². The van der Waals surface area contributed by atoms with E-state index in [2.05, 4.69) is 58.0 Å². The predicted molar refractivity (Wildman–Crippen MR) is 90.8 cm³/mol. The molecular formula is C14H25O2Si3. The maximum Gasteiger partial charge on any atom is 0.402 e. The molecule has 105 valence electrons. The number of rotatable bonds is 6. The van der Waals surface area contributed by atoms with Crippen LogP contribution in [0, 0.1) is 0 Å². The third kappa shape index (κ3) is 6.01. The summed E-state index contributed by atoms with van der Waals surface area (Å²) in [5.41, 5.74) is 1.13. The topological polar surface area (TPSA) is 18.5 Å². The van der Waals surface area contributed by atoms with Crippen LogP contribution >= 0.6 is 0 Å². The summed E-state index contributed by atoms with van der Waals surface area (Å²) in [5.74, 6) is 0. The second kappa shape index (κ2) is 6.32. The van der Waals surface area contributed by atoms with Gasteiger partial charge < -0.3 is 8.23 Å². The highest BCUT2D eigenvalue weighted by molar-refractivity contribution is 6.85. The van der Waals surface area contributed by atoms with Gasteiger partial charge in [-0.25, -0.2) is 0 Å². The van der Waals surface area contributed by atoms with Crippen molar-refractivity contribution < 1.29 is 8.23 Å². The summed E-state index contributed by atoms with van der Waals surface area (Å²) < 4.78 is 12.7. The van der Waals surface area contributed by atoms with Gasteiger partial charge in [0.05, 0.1) is 0 Å². The quantitative estimate of drug-likeness (QED) is 0.746. The first-order chi connectivity index (χ1) is 8.62. The average Bonchev–Trinajstić information content (AvgIpc) is 2.24. The largest absolute Gasteiger partial charge is 0.432 e. The van der Waals surface area contributed by atoms with Crippen molar-refractivity contribution in [1.29, 1.82) is 0 Å². The molecule has 1 rings (SSSR count). The molecule has 0 spiro atoms. The van der Waals surface area contributed by atoms with E-state index in [1.165, 1.54) is 5.19 Å². The van der Waals surface area contributed by atoms with Crippen LogP contribution in [0.5, 0.6) is 0 Å². The SMILES string of the molecule is C=Cc1ccccc1[Si](O[Si](C)(C)C)O[Si](C)(C)C. The van der Waals surface area contributed by atoms with E-state index in [0.29, 0.717) is 0 Å². The van der Waals surface area contributed by atoms with Gasteiger partial charge in [0.2, 0.25) is 0 Å². The maximum atomic E-state index is 6.35. The fourth-order valence-corrected chi connectivity index (χ4v) is 8.07. The highest BCUT2D eigenvalue weighted by Gasteiger charge is 2.32. The van der Waals surface area contributed by atoms with Crippen LogP contribution in [0.25, 0.3) is 6.08 Å². The highest BCUT2D eigenvalue weighted by Crippen LogP contribution is 2.13. The number of hydrogen-bond donors (Lipinski definition) is 0. The van der Waals surface area contributed by atoms with Crippen LogP contribution in [0.2, 0.25) is 39.3 Å². The van der Waals surface area contributed by atoms with Crippen LogP contribution in [-0.2, 0) is 8.23 Å². The van der Waals surface area contributed by atoms with E-state index in [9.17, 15) is 0 Å². The molecule has 0 saturated heterocycles. The summed E-state index contributed by atoms with van der Waals surface area (Å²) in [6, 6.07) is 8.27. The summed E-state index contributed by atoms with van der Waals surface area (Å²) in [6.45, 7) is 17.2. The molecule has 1 aromatic carbocycles. The standard InChI is InChI=1S/C14H25O2Si3/c1-8-13-11-9-10-12-14(13)17(15-18(2,3)4)16-19(5,6)7/h8-12H,1H2,2-7H3. The minimum Gasteiger partial charge on any atom is -0.432 e. The molecule has 0 fully saturated rings. The van der Waals surface area contributed by atoms with E-state index in [0.717, 1.165) is 5.56 Å². The van der Waals surface area contributed by atoms with Gasteiger partial charge in [-0.1, -0.05) is 36.9 Å². The van der Waals surface area contributed by atoms with Crippen molar-refractivity contribution in [2.45, 2.75) is 39.3 Å². The molecule has 2 nitrogen and oxygen atoms in total. The van der Waals surface area contributed by atoms with E-state index in [4.69, 9.17) is 8.23 Å². The van der Waals surface area contributed by atoms with E-state index in [1.54, 1.807) is 0 Å². The summed E-state index contributed by atoms with van der Waals surface area (Å²) in [5, 5.41) is 1.19. The number of benzene rings is 1. The molecule has 5 heteroatoms. The molecule has 1 aromatic rings. The second-order valence-corrected chi connectivity index (χ2v) is 17.7. The molecular weight excluding hydrogens is 284 g/mol. The van der Waals surface area contributed by atoms with Crippen molar-refractivity contribution in [1.82, 2.24) is 0 Å². The molecule has 19 heavy (non-hydrogen) atoms. The van der Waals surface area contributed by atoms with Crippen molar-refractivity contribution in [3.63, 3.8) is 0 Å². The van der Waals surface area contributed by atoms with E-state index < -0.39 is 25.9 Å². The first-order valence-electron chi connectivity index (χ1n) is 6.59. The summed E-state index contributed by atoms with van der Waals surface area (Å²) in [7, 11) is -4.69. The zero-order valence-corrected chi connectivity index (χ0v) is 15.9. The third-order valence-corrected chi connectivity index (χ3v) is 9.48. The van der Waals surface area contributed by atoms with Crippen molar-refractivity contribution in [2.24, 2.45) is 0 Å². The Hall–Kier alpha value is -0.469. The fourth-order valence-electron chi connectivity index (χ4n) is 1.55. The van der Waals surface area contributed by atoms with E-state index in [-0.39, 0.29) is 0 Å². The van der Waals surface area contributed by atoms with Gasteiger partial charge in [-0.05, 0) is 44.8 Å². The van der Waals surface area contributed by atoms with Crippen molar-refractivity contribution in [3.05, 3.63) is 36.4 Å². The van der Waals surface area contributed by atoms with Gasteiger partial charge in [0, 0.05) is 5.19 Å². The van der Waals surface area contributed by atoms with Crippen molar-refractivity contribution >= 4 is 37.2 Å². The molecule has 0 saturated carbocycles. The van der Waals surface area contributed by atoms with Crippen LogP contribution in [0.3, 0.4) is 0 Å². The maximum absolute atomic E-state index is 6.35. The molecule has 0 aromatic heterocycles. The zero-order chi connectivity index (χ0) is 14.7. The molecule has 0 bridgehead atoms. The van der Waals surface area contributed by atoms with Crippen molar-refractivity contribution in [2.75, 3.05) is 0 Å². The van der Waals surface area contributed by atoms with Gasteiger partial charge >= 0.3 is 9.28 Å². The van der Waals surface area contributed by atoms with Gasteiger partial charge in [-0.15, -0.1) is 0 Å². The number of hydrogen-bond acceptors (Lipinski definition) is 2. The van der Waals surface area contributed by atoms with Gasteiger partial charge in [0.1, 0.15) is 0 Å². The zero-order valence-electron chi connectivity index (χ0n) is 12.9. The van der Waals surface area contributed by atoms with Gasteiger partial charge in [0.25, 0.3) is 0 Å². The van der Waals surface area contributed by atoms with Crippen LogP contribution in [0.4, 0.5) is 0 Å². The van der Waals surface area contributed by atoms with Crippen molar-refractivity contribution in [3.8, 4) is 0 Å². The first-order valence-corrected chi connectivity index (χ1v) is 14.7. The Morgan fingerprint density at radius 3 is 1.84 bits per heavy atom. The lowest BCUT2D eigenvalue weighted by Gasteiger charge is -2.30. The van der Waals surface area contributed by atoms with E-state index >= 15 is 0 Å². The molecule has 0 aliphatic carbocycles. The second-order valence-electron chi connectivity index (χ2n) is 6.51. The van der Waals surface area contributed by atoms with Gasteiger partial charge in [-0.3, -0.25) is 0 Å². The Balaban J connectivity index is 3.11. The Labute approximate surface area is 121 Å². The Bertz CT molecular complexity index is 417. The fraction of sp³-hybridized carbons (Fsp3) is 0.429. The summed E-state index contributed by atoms with van der Waals surface area (Å²) in [6.07, 6.45) is 1.89. The van der Waals surface area contributed by atoms with Gasteiger partial charge in [0.15, 0.2) is 16.6 Å². The molecule has 0 atom stereocenters. The lowest BCUT2D eigenvalue weighted by molar-refractivity contribution is 0.436. The van der Waals surface area contributed by atoms with Crippen LogP contribution in [0.15, 0.2) is 30.8 Å². The predicted octanol–water partition coefficient (Wildman–Crippen LogP) is 3.73. The summed E-state index contributed by atoms with van der Waals surface area (Å²) >= 11 is 0. The molecule has 0 unspecified atom stereocenters. The Morgan fingerprint density at radius 2 is 1.42 bits per heavy atom. The lowest BCUT2D eigenvalue weighted by Crippen LogP contribution is -2.50. The molecule has 0 N–H and O–H groups in total. The Kier molecular flexibility index (Phi) is 5.52. The molecule has 0 aliphatic rings. The molecule has 1 radical (unpaired) electrons. The first kappa shape index (κ1) is 16.6. The molecule has 0 aliphatic heterocycles. The van der Waals surface area contributed by atoms with Crippen LogP contribution in [0.1, 0.15) is 5.56 Å². The summed E-state index contributed by atoms with van der Waals surface area (Å²) in [4.78, 5) is 0. The van der Waals surface area contributed by atoms with E-state index in [1.807, 2.05) is 18.2 Å². The highest BCUT2D eigenvalue weighted by atomic mass is 28.4. The monoisotopic (exact) mass is 309 g/mol. The molecule has 0 amide bonds. The normalized spacial score (nSPS) is 12.8. The minimum atomic E-state index is -1.63. The minimum absolute atomic E-state index is 1.13.